The van der Waals surface area contributed by atoms with E-state index in [0.29, 0.717) is 18.5 Å². The summed E-state index contributed by atoms with van der Waals surface area (Å²) in [5.41, 5.74) is 5.01. The molecule has 0 amide bonds. The van der Waals surface area contributed by atoms with Gasteiger partial charge in [-0.2, -0.15) is 4.37 Å². The second kappa shape index (κ2) is 13.3. The summed E-state index contributed by atoms with van der Waals surface area (Å²) in [5.74, 6) is 2.36. The summed E-state index contributed by atoms with van der Waals surface area (Å²) in [6.07, 6.45) is 4.03. The van der Waals surface area contributed by atoms with E-state index < -0.39 is 8.32 Å². The van der Waals surface area contributed by atoms with Crippen LogP contribution in [0.1, 0.15) is 69.5 Å². The number of rotatable bonds is 11. The molecule has 1 saturated heterocycles. The standard InChI is InChI=1S/C32H48N4O3SSi/c1-10-12-27(39-41(8,9)32(5,6)7)20-38-26-14-11-13-24(19-26)31-34-29(28-22(3)36-40-23(28)4)21(2)30(35-31)33-25-15-17-37-18-16-25/h11,13-14,19,25,27H,10,12,15-18,20H2,1-9H3,(H,33,34,35). The number of hydrogen-bond donors (Lipinski definition) is 1. The van der Waals surface area contributed by atoms with Crippen molar-refractivity contribution in [3.63, 3.8) is 0 Å². The SMILES string of the molecule is CCCC(COc1cccc(-c2nc(NC3CCOCC3)c(C)c(-c3c(C)nsc3C)n2)c1)O[Si](C)(C)C(C)(C)C. The lowest BCUT2D eigenvalue weighted by atomic mass is 10.0. The molecule has 0 saturated carbocycles. The van der Waals surface area contributed by atoms with Crippen LogP contribution in [0.25, 0.3) is 22.6 Å². The third kappa shape index (κ3) is 7.74. The number of nitrogens with zero attached hydrogens (tertiary/aromatic N) is 3. The number of hydrogen-bond acceptors (Lipinski definition) is 8. The van der Waals surface area contributed by atoms with E-state index >= 15 is 0 Å². The summed E-state index contributed by atoms with van der Waals surface area (Å²) in [5, 5.41) is 3.87. The Morgan fingerprint density at radius 2 is 1.85 bits per heavy atom. The van der Waals surface area contributed by atoms with E-state index in [-0.39, 0.29) is 11.1 Å². The van der Waals surface area contributed by atoms with Crippen LogP contribution in [0, 0.1) is 20.8 Å². The van der Waals surface area contributed by atoms with E-state index in [1.54, 1.807) is 0 Å². The second-order valence-corrected chi connectivity index (χ2v) is 18.5. The molecule has 2 aromatic heterocycles. The maximum atomic E-state index is 6.73. The highest BCUT2D eigenvalue weighted by molar-refractivity contribution is 7.06. The van der Waals surface area contributed by atoms with Gasteiger partial charge in [0.15, 0.2) is 14.1 Å². The van der Waals surface area contributed by atoms with Gasteiger partial charge in [0.25, 0.3) is 0 Å². The fourth-order valence-electron chi connectivity index (χ4n) is 4.89. The highest BCUT2D eigenvalue weighted by Crippen LogP contribution is 2.38. The van der Waals surface area contributed by atoms with Gasteiger partial charge in [0.05, 0.1) is 17.5 Å². The Bertz CT molecular complexity index is 1300. The van der Waals surface area contributed by atoms with Crippen molar-refractivity contribution in [2.45, 2.75) is 104 Å². The minimum absolute atomic E-state index is 0.0686. The second-order valence-electron chi connectivity index (χ2n) is 12.7. The highest BCUT2D eigenvalue weighted by atomic mass is 32.1. The first-order valence-corrected chi connectivity index (χ1v) is 18.6. The smallest absolute Gasteiger partial charge is 0.192 e. The number of nitrogens with one attached hydrogen (secondary N) is 1. The van der Waals surface area contributed by atoms with E-state index in [0.717, 1.165) is 83.4 Å². The number of ether oxygens (including phenoxy) is 2. The molecular formula is C32H48N4O3SSi. The van der Waals surface area contributed by atoms with Crippen molar-refractivity contribution in [3.8, 4) is 28.4 Å². The number of aryl methyl sites for hydroxylation is 2. The Labute approximate surface area is 251 Å². The largest absolute Gasteiger partial charge is 0.491 e. The van der Waals surface area contributed by atoms with Crippen molar-refractivity contribution in [2.75, 3.05) is 25.1 Å². The predicted molar refractivity (Wildman–Crippen MR) is 173 cm³/mol. The summed E-state index contributed by atoms with van der Waals surface area (Å²) in [7, 11) is -1.90. The van der Waals surface area contributed by atoms with Crippen molar-refractivity contribution in [1.82, 2.24) is 14.3 Å². The first kappa shape index (κ1) is 31.6. The normalized spacial score (nSPS) is 15.6. The minimum Gasteiger partial charge on any atom is -0.491 e. The zero-order chi connectivity index (χ0) is 29.8. The predicted octanol–water partition coefficient (Wildman–Crippen LogP) is 8.35. The molecule has 0 radical (unpaired) electrons. The van der Waals surface area contributed by atoms with Crippen molar-refractivity contribution >= 4 is 25.7 Å². The van der Waals surface area contributed by atoms with Crippen LogP contribution >= 0.6 is 11.5 Å². The van der Waals surface area contributed by atoms with Crippen LogP contribution in [0.15, 0.2) is 24.3 Å². The van der Waals surface area contributed by atoms with Gasteiger partial charge >= 0.3 is 0 Å². The van der Waals surface area contributed by atoms with Crippen molar-refractivity contribution < 1.29 is 13.9 Å². The van der Waals surface area contributed by atoms with Crippen molar-refractivity contribution in [3.05, 3.63) is 40.4 Å². The van der Waals surface area contributed by atoms with Crippen LogP contribution in [0.3, 0.4) is 0 Å². The average Bonchev–Trinajstić information content (AvgIpc) is 3.26. The average molecular weight is 597 g/mol. The molecule has 0 bridgehead atoms. The van der Waals surface area contributed by atoms with Crippen molar-refractivity contribution in [2.24, 2.45) is 0 Å². The maximum absolute atomic E-state index is 6.73. The number of benzene rings is 1. The molecule has 41 heavy (non-hydrogen) atoms. The summed E-state index contributed by atoms with van der Waals surface area (Å²) >= 11 is 1.52. The summed E-state index contributed by atoms with van der Waals surface area (Å²) in [6.45, 7) is 22.0. The molecule has 1 aromatic carbocycles. The molecule has 1 atom stereocenters. The molecule has 4 rings (SSSR count). The Kier molecular flexibility index (Phi) is 10.3. The summed E-state index contributed by atoms with van der Waals surface area (Å²) in [4.78, 5) is 11.3. The monoisotopic (exact) mass is 596 g/mol. The molecular weight excluding hydrogens is 549 g/mol. The van der Waals surface area contributed by atoms with E-state index in [1.807, 2.05) is 18.2 Å². The Balaban J connectivity index is 1.63. The van der Waals surface area contributed by atoms with Gasteiger partial charge in [-0.05, 0) is 81.8 Å². The van der Waals surface area contributed by atoms with Crippen LogP contribution in [-0.4, -0.2) is 54.6 Å². The molecule has 1 unspecified atom stereocenters. The molecule has 1 aliphatic rings. The van der Waals surface area contributed by atoms with E-state index in [4.69, 9.17) is 23.9 Å². The van der Waals surface area contributed by atoms with Gasteiger partial charge in [0.1, 0.15) is 18.2 Å². The van der Waals surface area contributed by atoms with Crippen molar-refractivity contribution in [1.29, 1.82) is 0 Å². The van der Waals surface area contributed by atoms with Gasteiger partial charge in [-0.3, -0.25) is 0 Å². The number of anilines is 1. The van der Waals surface area contributed by atoms with E-state index in [2.05, 4.69) is 77.3 Å². The molecule has 7 nitrogen and oxygen atoms in total. The third-order valence-electron chi connectivity index (χ3n) is 8.38. The van der Waals surface area contributed by atoms with Crippen LogP contribution < -0.4 is 10.1 Å². The molecule has 1 fully saturated rings. The fourth-order valence-corrected chi connectivity index (χ4v) is 6.97. The molecule has 3 aromatic rings. The number of aromatic nitrogens is 3. The summed E-state index contributed by atoms with van der Waals surface area (Å²) < 4.78 is 23.3. The third-order valence-corrected chi connectivity index (χ3v) is 13.8. The van der Waals surface area contributed by atoms with Gasteiger partial charge in [-0.15, -0.1) is 0 Å². The fraction of sp³-hybridized carbons (Fsp3) is 0.594. The molecule has 0 spiro atoms. The van der Waals surface area contributed by atoms with E-state index in [9.17, 15) is 0 Å². The molecule has 0 aliphatic carbocycles. The molecule has 1 N–H and O–H groups in total. The van der Waals surface area contributed by atoms with E-state index in [1.165, 1.54) is 11.5 Å². The molecule has 9 heteroatoms. The van der Waals surface area contributed by atoms with Gasteiger partial charge in [-0.1, -0.05) is 46.2 Å². The Morgan fingerprint density at radius 3 is 2.49 bits per heavy atom. The Morgan fingerprint density at radius 1 is 1.12 bits per heavy atom. The Hall–Kier alpha value is -2.33. The molecule has 3 heterocycles. The van der Waals surface area contributed by atoms with Gasteiger partial charge in [0, 0.05) is 40.8 Å². The lowest BCUT2D eigenvalue weighted by molar-refractivity contribution is 0.0904. The van der Waals surface area contributed by atoms with Gasteiger partial charge in [-0.25, -0.2) is 9.97 Å². The van der Waals surface area contributed by atoms with Crippen LogP contribution in [0.4, 0.5) is 5.82 Å². The lowest BCUT2D eigenvalue weighted by Crippen LogP contribution is -2.45. The first-order valence-electron chi connectivity index (χ1n) is 15.0. The highest BCUT2D eigenvalue weighted by Gasteiger charge is 2.39. The quantitative estimate of drug-likeness (QED) is 0.223. The maximum Gasteiger partial charge on any atom is 0.192 e. The summed E-state index contributed by atoms with van der Waals surface area (Å²) in [6, 6.07) is 8.46. The zero-order valence-electron chi connectivity index (χ0n) is 26.4. The molecule has 1 aliphatic heterocycles. The van der Waals surface area contributed by atoms with Gasteiger partial charge < -0.3 is 19.2 Å². The van der Waals surface area contributed by atoms with Crippen LogP contribution in [0.2, 0.25) is 18.1 Å². The topological polar surface area (TPSA) is 78.4 Å². The zero-order valence-corrected chi connectivity index (χ0v) is 28.2. The van der Waals surface area contributed by atoms with Gasteiger partial charge in [0.2, 0.25) is 0 Å². The molecule has 224 valence electrons. The van der Waals surface area contributed by atoms with Crippen LogP contribution in [-0.2, 0) is 9.16 Å². The lowest BCUT2D eigenvalue weighted by Gasteiger charge is -2.39. The van der Waals surface area contributed by atoms with Crippen LogP contribution in [0.5, 0.6) is 5.75 Å². The minimum atomic E-state index is -1.90. The first-order chi connectivity index (χ1) is 19.4.